The van der Waals surface area contributed by atoms with Crippen LogP contribution in [0.2, 0.25) is 0 Å². The molecule has 3 nitrogen and oxygen atoms in total. The Morgan fingerprint density at radius 1 is 1.54 bits per heavy atom. The molecule has 2 heterocycles. The Labute approximate surface area is 77.4 Å². The van der Waals surface area contributed by atoms with E-state index in [-0.39, 0.29) is 5.91 Å². The van der Waals surface area contributed by atoms with E-state index in [1.165, 1.54) is 0 Å². The SMILES string of the molecule is Cc1cnccc1N1CCCC1=O. The Bertz CT molecular complexity index is 335. The van der Waals surface area contributed by atoms with Crippen LogP contribution in [0.1, 0.15) is 18.4 Å². The van der Waals surface area contributed by atoms with E-state index in [2.05, 4.69) is 4.98 Å². The summed E-state index contributed by atoms with van der Waals surface area (Å²) >= 11 is 0. The number of hydrogen-bond acceptors (Lipinski definition) is 2. The van der Waals surface area contributed by atoms with Gasteiger partial charge in [0.15, 0.2) is 0 Å². The second-order valence-corrected chi connectivity index (χ2v) is 3.31. The normalized spacial score (nSPS) is 16.7. The number of carbonyl (C=O) groups excluding carboxylic acids is 1. The van der Waals surface area contributed by atoms with Crippen molar-refractivity contribution in [1.82, 2.24) is 4.98 Å². The van der Waals surface area contributed by atoms with E-state index in [9.17, 15) is 4.79 Å². The number of aromatic nitrogens is 1. The summed E-state index contributed by atoms with van der Waals surface area (Å²) in [6, 6.07) is 1.90. The van der Waals surface area contributed by atoms with E-state index in [1.807, 2.05) is 17.9 Å². The highest BCUT2D eigenvalue weighted by atomic mass is 16.2. The fourth-order valence-corrected chi connectivity index (χ4v) is 1.67. The van der Waals surface area contributed by atoms with E-state index in [4.69, 9.17) is 0 Å². The standard InChI is InChI=1S/C10H12N2O/c1-8-7-11-5-4-9(8)12-6-2-3-10(12)13/h4-5,7H,2-3,6H2,1H3. The van der Waals surface area contributed by atoms with Crippen LogP contribution in [0.4, 0.5) is 5.69 Å². The van der Waals surface area contributed by atoms with Gasteiger partial charge in [-0.2, -0.15) is 0 Å². The third kappa shape index (κ3) is 1.41. The summed E-state index contributed by atoms with van der Waals surface area (Å²) in [6.07, 6.45) is 5.18. The molecule has 13 heavy (non-hydrogen) atoms. The molecule has 1 aromatic rings. The largest absolute Gasteiger partial charge is 0.312 e. The van der Waals surface area contributed by atoms with E-state index in [1.54, 1.807) is 12.4 Å². The molecule has 1 amide bonds. The van der Waals surface area contributed by atoms with Crippen molar-refractivity contribution in [2.75, 3.05) is 11.4 Å². The molecule has 1 aliphatic rings. The highest BCUT2D eigenvalue weighted by Crippen LogP contribution is 2.23. The maximum Gasteiger partial charge on any atom is 0.227 e. The minimum absolute atomic E-state index is 0.231. The predicted octanol–water partition coefficient (Wildman–Crippen LogP) is 1.52. The Morgan fingerprint density at radius 2 is 2.38 bits per heavy atom. The zero-order valence-electron chi connectivity index (χ0n) is 7.66. The second-order valence-electron chi connectivity index (χ2n) is 3.31. The molecule has 1 aliphatic heterocycles. The van der Waals surface area contributed by atoms with Crippen LogP contribution in [0.15, 0.2) is 18.5 Å². The maximum absolute atomic E-state index is 11.4. The molecule has 2 rings (SSSR count). The number of pyridine rings is 1. The van der Waals surface area contributed by atoms with Crippen molar-refractivity contribution < 1.29 is 4.79 Å². The molecule has 1 aromatic heterocycles. The zero-order chi connectivity index (χ0) is 9.26. The summed E-state index contributed by atoms with van der Waals surface area (Å²) in [6.45, 7) is 2.83. The van der Waals surface area contributed by atoms with Gasteiger partial charge in [0.05, 0.1) is 0 Å². The van der Waals surface area contributed by atoms with E-state index in [0.29, 0.717) is 6.42 Å². The number of rotatable bonds is 1. The minimum Gasteiger partial charge on any atom is -0.312 e. The first-order chi connectivity index (χ1) is 6.29. The number of nitrogens with zero attached hydrogens (tertiary/aromatic N) is 2. The molecule has 0 aromatic carbocycles. The van der Waals surface area contributed by atoms with Gasteiger partial charge in [0.25, 0.3) is 0 Å². The van der Waals surface area contributed by atoms with Gasteiger partial charge < -0.3 is 4.90 Å². The lowest BCUT2D eigenvalue weighted by molar-refractivity contribution is -0.117. The monoisotopic (exact) mass is 176 g/mol. The third-order valence-electron chi connectivity index (χ3n) is 2.35. The van der Waals surface area contributed by atoms with Gasteiger partial charge in [0, 0.05) is 31.0 Å². The summed E-state index contributed by atoms with van der Waals surface area (Å²) < 4.78 is 0. The molecule has 0 atom stereocenters. The molecule has 1 saturated heterocycles. The highest BCUT2D eigenvalue weighted by Gasteiger charge is 2.22. The van der Waals surface area contributed by atoms with Gasteiger partial charge in [-0.3, -0.25) is 9.78 Å². The molecular weight excluding hydrogens is 164 g/mol. The van der Waals surface area contributed by atoms with Crippen molar-refractivity contribution in [2.24, 2.45) is 0 Å². The molecule has 0 aliphatic carbocycles. The van der Waals surface area contributed by atoms with Crippen molar-refractivity contribution in [1.29, 1.82) is 0 Å². The van der Waals surface area contributed by atoms with Crippen molar-refractivity contribution in [3.05, 3.63) is 24.0 Å². The molecule has 0 N–H and O–H groups in total. The minimum atomic E-state index is 0.231. The lowest BCUT2D eigenvalue weighted by Crippen LogP contribution is -2.24. The summed E-state index contributed by atoms with van der Waals surface area (Å²) in [5, 5.41) is 0. The smallest absolute Gasteiger partial charge is 0.227 e. The fraction of sp³-hybridized carbons (Fsp3) is 0.400. The van der Waals surface area contributed by atoms with Crippen molar-refractivity contribution >= 4 is 11.6 Å². The van der Waals surface area contributed by atoms with Crippen LogP contribution < -0.4 is 4.90 Å². The van der Waals surface area contributed by atoms with Crippen LogP contribution in [0.3, 0.4) is 0 Å². The summed E-state index contributed by atoms with van der Waals surface area (Å²) in [5.41, 5.74) is 2.08. The first-order valence-corrected chi connectivity index (χ1v) is 4.50. The number of amides is 1. The molecule has 0 unspecified atom stereocenters. The van der Waals surface area contributed by atoms with Crippen molar-refractivity contribution in [3.63, 3.8) is 0 Å². The first kappa shape index (κ1) is 8.23. The molecule has 3 heteroatoms. The van der Waals surface area contributed by atoms with Crippen LogP contribution in [0.5, 0.6) is 0 Å². The van der Waals surface area contributed by atoms with Gasteiger partial charge in [-0.05, 0) is 25.0 Å². The van der Waals surface area contributed by atoms with Crippen LogP contribution in [0.25, 0.3) is 0 Å². The molecular formula is C10H12N2O. The van der Waals surface area contributed by atoms with Gasteiger partial charge >= 0.3 is 0 Å². The number of carbonyl (C=O) groups is 1. The van der Waals surface area contributed by atoms with Crippen molar-refractivity contribution in [2.45, 2.75) is 19.8 Å². The van der Waals surface area contributed by atoms with Gasteiger partial charge in [0.1, 0.15) is 0 Å². The average Bonchev–Trinajstić information content (AvgIpc) is 2.52. The Morgan fingerprint density at radius 3 is 3.00 bits per heavy atom. The third-order valence-corrected chi connectivity index (χ3v) is 2.35. The van der Waals surface area contributed by atoms with Crippen LogP contribution >= 0.6 is 0 Å². The average molecular weight is 176 g/mol. The van der Waals surface area contributed by atoms with Gasteiger partial charge in [0.2, 0.25) is 5.91 Å². The van der Waals surface area contributed by atoms with E-state index < -0.39 is 0 Å². The molecule has 68 valence electrons. The molecule has 0 radical (unpaired) electrons. The van der Waals surface area contributed by atoms with Gasteiger partial charge in [-0.15, -0.1) is 0 Å². The topological polar surface area (TPSA) is 33.2 Å². The number of anilines is 1. The quantitative estimate of drug-likeness (QED) is 0.650. The fourth-order valence-electron chi connectivity index (χ4n) is 1.67. The maximum atomic E-state index is 11.4. The van der Waals surface area contributed by atoms with Gasteiger partial charge in [-0.25, -0.2) is 0 Å². The summed E-state index contributed by atoms with van der Waals surface area (Å²) in [4.78, 5) is 17.3. The highest BCUT2D eigenvalue weighted by molar-refractivity contribution is 5.95. The van der Waals surface area contributed by atoms with Crippen LogP contribution in [-0.2, 0) is 4.79 Å². The molecule has 0 bridgehead atoms. The second kappa shape index (κ2) is 3.17. The molecule has 0 spiro atoms. The predicted molar refractivity (Wildman–Crippen MR) is 50.6 cm³/mol. The van der Waals surface area contributed by atoms with E-state index >= 15 is 0 Å². The lowest BCUT2D eigenvalue weighted by atomic mass is 10.2. The number of hydrogen-bond donors (Lipinski definition) is 0. The molecule has 1 fully saturated rings. The Hall–Kier alpha value is -1.38. The number of aryl methyl sites for hydroxylation is 1. The van der Waals surface area contributed by atoms with Gasteiger partial charge in [-0.1, -0.05) is 0 Å². The Balaban J connectivity index is 2.34. The lowest BCUT2D eigenvalue weighted by Gasteiger charge is -2.17. The first-order valence-electron chi connectivity index (χ1n) is 4.50. The van der Waals surface area contributed by atoms with Crippen molar-refractivity contribution in [3.8, 4) is 0 Å². The zero-order valence-corrected chi connectivity index (χ0v) is 7.66. The molecule has 0 saturated carbocycles. The van der Waals surface area contributed by atoms with Crippen LogP contribution in [-0.4, -0.2) is 17.4 Å². The summed E-state index contributed by atoms with van der Waals surface area (Å²) in [5.74, 6) is 0.231. The Kier molecular flexibility index (Phi) is 2.00. The van der Waals surface area contributed by atoms with E-state index in [0.717, 1.165) is 24.2 Å². The van der Waals surface area contributed by atoms with Crippen LogP contribution in [0, 0.1) is 6.92 Å². The summed E-state index contributed by atoms with van der Waals surface area (Å²) in [7, 11) is 0.